The van der Waals surface area contributed by atoms with E-state index in [4.69, 9.17) is 0 Å². The minimum absolute atomic E-state index is 0.0566. The molecular formula is C28H28N4O. The molecule has 4 aromatic rings. The first-order valence-corrected chi connectivity index (χ1v) is 11.4. The molecule has 1 aliphatic heterocycles. The van der Waals surface area contributed by atoms with Gasteiger partial charge < -0.3 is 10.6 Å². The van der Waals surface area contributed by atoms with Crippen LogP contribution in [0, 0.1) is 6.92 Å². The predicted octanol–water partition coefficient (Wildman–Crippen LogP) is 5.31. The summed E-state index contributed by atoms with van der Waals surface area (Å²) in [6.07, 6.45) is 5.22. The molecule has 5 rings (SSSR count). The summed E-state index contributed by atoms with van der Waals surface area (Å²) in [4.78, 5) is 13.7. The quantitative estimate of drug-likeness (QED) is 0.397. The number of aryl methyl sites for hydroxylation is 1. The molecule has 1 saturated heterocycles. The number of hydrogen-bond donors (Lipinski definition) is 3. The van der Waals surface area contributed by atoms with Crippen molar-refractivity contribution in [3.63, 3.8) is 0 Å². The van der Waals surface area contributed by atoms with Gasteiger partial charge in [-0.3, -0.25) is 9.89 Å². The summed E-state index contributed by atoms with van der Waals surface area (Å²) in [6, 6.07) is 24.9. The highest BCUT2D eigenvalue weighted by atomic mass is 16.2. The molecule has 166 valence electrons. The minimum Gasteiger partial charge on any atom is -0.325 e. The first-order valence-electron chi connectivity index (χ1n) is 11.4. The van der Waals surface area contributed by atoms with Crippen molar-refractivity contribution in [2.45, 2.75) is 25.2 Å². The highest BCUT2D eigenvalue weighted by Crippen LogP contribution is 2.36. The average Bonchev–Trinajstić information content (AvgIpc) is 3.40. The largest absolute Gasteiger partial charge is 0.325 e. The van der Waals surface area contributed by atoms with E-state index in [9.17, 15) is 4.79 Å². The second-order valence-corrected chi connectivity index (χ2v) is 8.80. The average molecular weight is 437 g/mol. The molecule has 0 unspecified atom stereocenters. The fraction of sp³-hybridized carbons (Fsp3) is 0.214. The zero-order valence-corrected chi connectivity index (χ0v) is 18.8. The van der Waals surface area contributed by atoms with E-state index in [1.165, 1.54) is 5.56 Å². The molecule has 1 fully saturated rings. The highest BCUT2D eigenvalue weighted by Gasteiger charge is 2.41. The zero-order chi connectivity index (χ0) is 22.7. The number of benzene rings is 3. The summed E-state index contributed by atoms with van der Waals surface area (Å²) in [5.74, 6) is 0.0566. The Morgan fingerprint density at radius 1 is 0.879 bits per heavy atom. The molecule has 1 aromatic heterocycles. The Bertz CT molecular complexity index is 1220. The summed E-state index contributed by atoms with van der Waals surface area (Å²) >= 11 is 0. The van der Waals surface area contributed by atoms with Gasteiger partial charge in [-0.15, -0.1) is 0 Å². The number of amides is 1. The number of piperidine rings is 1. The molecule has 2 heterocycles. The van der Waals surface area contributed by atoms with E-state index in [-0.39, 0.29) is 5.91 Å². The van der Waals surface area contributed by atoms with Gasteiger partial charge in [0.25, 0.3) is 0 Å². The third-order valence-corrected chi connectivity index (χ3v) is 6.67. The Morgan fingerprint density at radius 3 is 2.27 bits per heavy atom. The molecular weight excluding hydrogens is 408 g/mol. The Kier molecular flexibility index (Phi) is 5.80. The second-order valence-electron chi connectivity index (χ2n) is 8.80. The van der Waals surface area contributed by atoms with Crippen LogP contribution in [0.1, 0.15) is 24.0 Å². The van der Waals surface area contributed by atoms with Crippen LogP contribution < -0.4 is 10.6 Å². The number of anilines is 1. The number of H-pyrrole nitrogens is 1. The van der Waals surface area contributed by atoms with E-state index in [2.05, 4.69) is 88.4 Å². The molecule has 3 N–H and O–H groups in total. The molecule has 0 saturated carbocycles. The van der Waals surface area contributed by atoms with Gasteiger partial charge in [0.15, 0.2) is 0 Å². The van der Waals surface area contributed by atoms with Crippen molar-refractivity contribution < 1.29 is 4.79 Å². The number of aromatic amines is 1. The van der Waals surface area contributed by atoms with E-state index < -0.39 is 5.41 Å². The first kappa shape index (κ1) is 21.2. The Balaban J connectivity index is 1.42. The first-order chi connectivity index (χ1) is 16.1. The third kappa shape index (κ3) is 4.32. The molecule has 5 heteroatoms. The van der Waals surface area contributed by atoms with E-state index >= 15 is 0 Å². The lowest BCUT2D eigenvalue weighted by Gasteiger charge is -2.37. The topological polar surface area (TPSA) is 69.8 Å². The van der Waals surface area contributed by atoms with Crippen LogP contribution in [0.15, 0.2) is 85.2 Å². The minimum atomic E-state index is -0.556. The normalized spacial score (nSPS) is 15.2. The second kappa shape index (κ2) is 9.04. The molecule has 0 atom stereocenters. The third-order valence-electron chi connectivity index (χ3n) is 6.67. The van der Waals surface area contributed by atoms with Gasteiger partial charge in [0, 0.05) is 17.4 Å². The molecule has 0 radical (unpaired) electrons. The van der Waals surface area contributed by atoms with Crippen LogP contribution in [0.25, 0.3) is 22.3 Å². The van der Waals surface area contributed by atoms with Crippen molar-refractivity contribution in [3.05, 3.63) is 96.3 Å². The van der Waals surface area contributed by atoms with Crippen molar-refractivity contribution in [1.82, 2.24) is 15.5 Å². The molecule has 33 heavy (non-hydrogen) atoms. The standard InChI is InChI=1S/C28H28N4O/c1-20-5-7-21(8-6-20)23-3-2-4-26(17-23)32-27(33)28(13-15-29-16-14-28)25-11-9-22(10-12-25)24-18-30-31-19-24/h2-12,17-19,29H,13-16H2,1H3,(H,30,31)(H,32,33). The van der Waals surface area contributed by atoms with Gasteiger partial charge in [0.1, 0.15) is 0 Å². The smallest absolute Gasteiger partial charge is 0.235 e. The highest BCUT2D eigenvalue weighted by molar-refractivity contribution is 5.99. The molecule has 5 nitrogen and oxygen atoms in total. The van der Waals surface area contributed by atoms with Crippen LogP contribution in [0.3, 0.4) is 0 Å². The zero-order valence-electron chi connectivity index (χ0n) is 18.8. The van der Waals surface area contributed by atoms with Crippen LogP contribution in [-0.2, 0) is 10.2 Å². The maximum atomic E-state index is 13.7. The molecule has 0 bridgehead atoms. The number of hydrogen-bond acceptors (Lipinski definition) is 3. The van der Waals surface area contributed by atoms with Gasteiger partial charge in [-0.1, -0.05) is 66.2 Å². The summed E-state index contributed by atoms with van der Waals surface area (Å²) in [5.41, 5.74) is 6.92. The SMILES string of the molecule is Cc1ccc(-c2cccc(NC(=O)C3(c4ccc(-c5cn[nH]c5)cc4)CCNCC3)c2)cc1. The van der Waals surface area contributed by atoms with Crippen LogP contribution >= 0.6 is 0 Å². The van der Waals surface area contributed by atoms with Crippen molar-refractivity contribution in [2.75, 3.05) is 18.4 Å². The van der Waals surface area contributed by atoms with Gasteiger partial charge in [-0.2, -0.15) is 5.10 Å². The molecule has 0 spiro atoms. The van der Waals surface area contributed by atoms with Gasteiger partial charge in [-0.25, -0.2) is 0 Å². The predicted molar refractivity (Wildman–Crippen MR) is 133 cm³/mol. The summed E-state index contributed by atoms with van der Waals surface area (Å²) in [6.45, 7) is 3.72. The maximum Gasteiger partial charge on any atom is 0.235 e. The molecule has 1 amide bonds. The summed E-state index contributed by atoms with van der Waals surface area (Å²) < 4.78 is 0. The lowest BCUT2D eigenvalue weighted by Crippen LogP contribution is -2.48. The van der Waals surface area contributed by atoms with E-state index in [1.54, 1.807) is 0 Å². The van der Waals surface area contributed by atoms with Crippen molar-refractivity contribution in [1.29, 1.82) is 0 Å². The fourth-order valence-electron chi connectivity index (χ4n) is 4.66. The molecule has 3 aromatic carbocycles. The lowest BCUT2D eigenvalue weighted by atomic mass is 9.72. The van der Waals surface area contributed by atoms with Crippen LogP contribution in [0.2, 0.25) is 0 Å². The summed E-state index contributed by atoms with van der Waals surface area (Å²) in [5, 5.41) is 13.5. The number of nitrogens with zero attached hydrogens (tertiary/aromatic N) is 1. The van der Waals surface area contributed by atoms with Gasteiger partial charge in [0.2, 0.25) is 5.91 Å². The van der Waals surface area contributed by atoms with Gasteiger partial charge >= 0.3 is 0 Å². The van der Waals surface area contributed by atoms with E-state index in [0.717, 1.165) is 59.4 Å². The summed E-state index contributed by atoms with van der Waals surface area (Å²) in [7, 11) is 0. The molecule has 0 aliphatic carbocycles. The lowest BCUT2D eigenvalue weighted by molar-refractivity contribution is -0.122. The number of carbonyl (C=O) groups excluding carboxylic acids is 1. The van der Waals surface area contributed by atoms with Gasteiger partial charge in [-0.05, 0) is 67.2 Å². The van der Waals surface area contributed by atoms with Crippen LogP contribution in [0.4, 0.5) is 5.69 Å². The fourth-order valence-corrected chi connectivity index (χ4v) is 4.66. The Labute approximate surface area is 194 Å². The number of rotatable bonds is 5. The Morgan fingerprint density at radius 2 is 1.58 bits per heavy atom. The van der Waals surface area contributed by atoms with Crippen molar-refractivity contribution in [2.24, 2.45) is 0 Å². The Hall–Kier alpha value is -3.70. The molecule has 1 aliphatic rings. The number of carbonyl (C=O) groups is 1. The maximum absolute atomic E-state index is 13.7. The van der Waals surface area contributed by atoms with E-state index in [0.29, 0.717) is 0 Å². The number of nitrogens with one attached hydrogen (secondary N) is 3. The van der Waals surface area contributed by atoms with Crippen molar-refractivity contribution >= 4 is 11.6 Å². The van der Waals surface area contributed by atoms with Crippen LogP contribution in [0.5, 0.6) is 0 Å². The van der Waals surface area contributed by atoms with Crippen LogP contribution in [-0.4, -0.2) is 29.2 Å². The monoisotopic (exact) mass is 436 g/mol. The van der Waals surface area contributed by atoms with Gasteiger partial charge in [0.05, 0.1) is 11.6 Å². The number of aromatic nitrogens is 2. The van der Waals surface area contributed by atoms with E-state index in [1.807, 2.05) is 24.5 Å². The van der Waals surface area contributed by atoms with Crippen molar-refractivity contribution in [3.8, 4) is 22.3 Å².